The zero-order valence-electron chi connectivity index (χ0n) is 13.2. The summed E-state index contributed by atoms with van der Waals surface area (Å²) in [5.74, 6) is 0.650. The van der Waals surface area contributed by atoms with Gasteiger partial charge in [-0.2, -0.15) is 0 Å². The molecule has 5 heteroatoms. The lowest BCUT2D eigenvalue weighted by atomic mass is 10.1. The first kappa shape index (κ1) is 16.7. The largest absolute Gasteiger partial charge is 0.494 e. The van der Waals surface area contributed by atoms with Crippen LogP contribution in [-0.2, 0) is 11.2 Å². The molecule has 2 aromatic carbocycles. The maximum atomic E-state index is 11.5. The van der Waals surface area contributed by atoms with Crippen molar-refractivity contribution in [2.24, 2.45) is 0 Å². The second-order valence-corrected chi connectivity index (χ2v) is 4.88. The Morgan fingerprint density at radius 3 is 2.30 bits per heavy atom. The number of rotatable bonds is 8. The van der Waals surface area contributed by atoms with E-state index in [0.29, 0.717) is 18.1 Å². The number of carboxylic acids is 1. The average Bonchev–Trinajstić information content (AvgIpc) is 2.56. The van der Waals surface area contributed by atoms with Gasteiger partial charge >= 0.3 is 5.97 Å². The first-order valence-electron chi connectivity index (χ1n) is 7.38. The second kappa shape index (κ2) is 8.08. The van der Waals surface area contributed by atoms with Gasteiger partial charge in [-0.15, -0.1) is 0 Å². The van der Waals surface area contributed by atoms with E-state index >= 15 is 0 Å². The van der Waals surface area contributed by atoms with E-state index in [1.807, 2.05) is 31.2 Å². The van der Waals surface area contributed by atoms with Crippen molar-refractivity contribution in [2.45, 2.75) is 19.4 Å². The summed E-state index contributed by atoms with van der Waals surface area (Å²) in [6.45, 7) is 2.50. The number of carbonyl (C=O) groups is 1. The molecule has 2 aromatic rings. The van der Waals surface area contributed by atoms with E-state index in [-0.39, 0.29) is 6.42 Å². The first-order chi connectivity index (χ1) is 11.1. The fourth-order valence-corrected chi connectivity index (χ4v) is 2.15. The Balaban J connectivity index is 2.11. The molecule has 23 heavy (non-hydrogen) atoms. The Morgan fingerprint density at radius 2 is 1.74 bits per heavy atom. The van der Waals surface area contributed by atoms with Gasteiger partial charge in [-0.25, -0.2) is 4.79 Å². The lowest BCUT2D eigenvalue weighted by Crippen LogP contribution is -2.29. The number of aliphatic carboxylic acids is 1. The average molecular weight is 316 g/mol. The minimum atomic E-state index is -1.02. The fourth-order valence-electron chi connectivity index (χ4n) is 2.15. The summed E-state index contributed by atoms with van der Waals surface area (Å²) in [5, 5.41) is 9.41. The molecule has 2 rings (SSSR count). The summed E-state index contributed by atoms with van der Waals surface area (Å²) in [5.41, 5.74) is 0.857. The Labute approximate surface area is 135 Å². The number of methoxy groups -OCH3 is 1. The van der Waals surface area contributed by atoms with Crippen molar-refractivity contribution in [1.82, 2.24) is 0 Å². The highest BCUT2D eigenvalue weighted by Crippen LogP contribution is 2.27. The fraction of sp³-hybridized carbons (Fsp3) is 0.278. The number of ether oxygens (including phenoxy) is 3. The zero-order chi connectivity index (χ0) is 16.7. The molecule has 0 aliphatic heterocycles. The molecule has 0 bridgehead atoms. The number of carboxylic acid groups (broad SMARTS) is 1. The van der Waals surface area contributed by atoms with Crippen LogP contribution < -0.4 is 14.2 Å². The molecule has 0 aliphatic carbocycles. The Kier molecular flexibility index (Phi) is 5.86. The molecular weight excluding hydrogens is 296 g/mol. The van der Waals surface area contributed by atoms with Crippen LogP contribution in [0.3, 0.4) is 0 Å². The first-order valence-corrected chi connectivity index (χ1v) is 7.38. The van der Waals surface area contributed by atoms with Gasteiger partial charge in [-0.3, -0.25) is 0 Å². The lowest BCUT2D eigenvalue weighted by Gasteiger charge is -2.17. The molecule has 0 radical (unpaired) electrons. The molecule has 0 fully saturated rings. The van der Waals surface area contributed by atoms with E-state index in [1.54, 1.807) is 24.3 Å². The predicted octanol–water partition coefficient (Wildman–Crippen LogP) is 3.17. The topological polar surface area (TPSA) is 65.0 Å². The van der Waals surface area contributed by atoms with Gasteiger partial charge in [0.15, 0.2) is 17.6 Å². The van der Waals surface area contributed by atoms with Crippen LogP contribution in [0.25, 0.3) is 0 Å². The van der Waals surface area contributed by atoms with Crippen molar-refractivity contribution >= 4 is 5.97 Å². The molecule has 0 aliphatic rings. The zero-order valence-corrected chi connectivity index (χ0v) is 13.2. The van der Waals surface area contributed by atoms with E-state index in [9.17, 15) is 9.90 Å². The molecule has 0 spiro atoms. The second-order valence-electron chi connectivity index (χ2n) is 4.88. The van der Waals surface area contributed by atoms with E-state index < -0.39 is 12.1 Å². The van der Waals surface area contributed by atoms with Crippen molar-refractivity contribution in [3.8, 4) is 17.2 Å². The Bertz CT molecular complexity index is 636. The third-order valence-corrected chi connectivity index (χ3v) is 3.27. The van der Waals surface area contributed by atoms with Crippen LogP contribution in [0, 0.1) is 0 Å². The van der Waals surface area contributed by atoms with Gasteiger partial charge in [0.2, 0.25) is 0 Å². The SMILES string of the molecule is CCOc1ccc(C[C@H](Oc2ccccc2OC)C(=O)O)cc1. The molecule has 122 valence electrons. The smallest absolute Gasteiger partial charge is 0.345 e. The van der Waals surface area contributed by atoms with Gasteiger partial charge in [0, 0.05) is 6.42 Å². The van der Waals surface area contributed by atoms with Crippen molar-refractivity contribution in [3.05, 3.63) is 54.1 Å². The lowest BCUT2D eigenvalue weighted by molar-refractivity contribution is -0.145. The molecule has 1 atom stereocenters. The minimum Gasteiger partial charge on any atom is -0.494 e. The molecule has 0 saturated carbocycles. The molecule has 0 amide bonds. The van der Waals surface area contributed by atoms with Gasteiger partial charge in [0.05, 0.1) is 13.7 Å². The number of hydrogen-bond donors (Lipinski definition) is 1. The summed E-state index contributed by atoms with van der Waals surface area (Å²) < 4.78 is 16.2. The van der Waals surface area contributed by atoms with Crippen LogP contribution >= 0.6 is 0 Å². The minimum absolute atomic E-state index is 0.250. The van der Waals surface area contributed by atoms with Crippen molar-refractivity contribution < 1.29 is 24.1 Å². The molecular formula is C18H20O5. The van der Waals surface area contributed by atoms with Gasteiger partial charge in [0.25, 0.3) is 0 Å². The van der Waals surface area contributed by atoms with Gasteiger partial charge in [-0.05, 0) is 36.8 Å². The molecule has 0 heterocycles. The predicted molar refractivity (Wildman–Crippen MR) is 86.4 cm³/mol. The summed E-state index contributed by atoms with van der Waals surface area (Å²) in [6.07, 6.45) is -0.746. The summed E-state index contributed by atoms with van der Waals surface area (Å²) in [7, 11) is 1.52. The highest BCUT2D eigenvalue weighted by Gasteiger charge is 2.21. The van der Waals surface area contributed by atoms with Gasteiger partial charge in [-0.1, -0.05) is 24.3 Å². The monoisotopic (exact) mass is 316 g/mol. The van der Waals surface area contributed by atoms with Crippen LogP contribution in [-0.4, -0.2) is 30.9 Å². The quantitative estimate of drug-likeness (QED) is 0.810. The molecule has 0 aromatic heterocycles. The summed E-state index contributed by atoms with van der Waals surface area (Å²) in [4.78, 5) is 11.5. The van der Waals surface area contributed by atoms with Crippen LogP contribution in [0.1, 0.15) is 12.5 Å². The van der Waals surface area contributed by atoms with Crippen LogP contribution in [0.2, 0.25) is 0 Å². The standard InChI is InChI=1S/C18H20O5/c1-3-22-14-10-8-13(9-11-14)12-17(18(19)20)23-16-7-5-4-6-15(16)21-2/h4-11,17H,3,12H2,1-2H3,(H,19,20)/t17-/m0/s1. The Morgan fingerprint density at radius 1 is 1.09 bits per heavy atom. The van der Waals surface area contributed by atoms with E-state index in [2.05, 4.69) is 0 Å². The molecule has 0 saturated heterocycles. The molecule has 1 N–H and O–H groups in total. The van der Waals surface area contributed by atoms with Crippen molar-refractivity contribution in [3.63, 3.8) is 0 Å². The maximum absolute atomic E-state index is 11.5. The number of benzene rings is 2. The Hall–Kier alpha value is -2.69. The maximum Gasteiger partial charge on any atom is 0.345 e. The van der Waals surface area contributed by atoms with E-state index in [1.165, 1.54) is 7.11 Å². The van der Waals surface area contributed by atoms with E-state index in [4.69, 9.17) is 14.2 Å². The summed E-state index contributed by atoms with van der Waals surface area (Å²) >= 11 is 0. The van der Waals surface area contributed by atoms with Crippen molar-refractivity contribution in [2.75, 3.05) is 13.7 Å². The van der Waals surface area contributed by atoms with Crippen LogP contribution in [0.4, 0.5) is 0 Å². The normalized spacial score (nSPS) is 11.6. The van der Waals surface area contributed by atoms with Gasteiger partial charge < -0.3 is 19.3 Å². The van der Waals surface area contributed by atoms with Crippen LogP contribution in [0.5, 0.6) is 17.2 Å². The number of hydrogen-bond acceptors (Lipinski definition) is 4. The third kappa shape index (κ3) is 4.64. The molecule has 0 unspecified atom stereocenters. The highest BCUT2D eigenvalue weighted by atomic mass is 16.5. The van der Waals surface area contributed by atoms with Crippen LogP contribution in [0.15, 0.2) is 48.5 Å². The van der Waals surface area contributed by atoms with Gasteiger partial charge in [0.1, 0.15) is 5.75 Å². The molecule has 5 nitrogen and oxygen atoms in total. The highest BCUT2D eigenvalue weighted by molar-refractivity contribution is 5.73. The van der Waals surface area contributed by atoms with Crippen molar-refractivity contribution in [1.29, 1.82) is 0 Å². The van der Waals surface area contributed by atoms with E-state index in [0.717, 1.165) is 11.3 Å². The summed E-state index contributed by atoms with van der Waals surface area (Å²) in [6, 6.07) is 14.3. The third-order valence-electron chi connectivity index (χ3n) is 3.27. The number of para-hydroxylation sites is 2.